The number of piperidine rings is 1. The Balaban J connectivity index is 1.84. The first-order chi connectivity index (χ1) is 13.1. The number of fused-ring (bicyclic) bond motifs is 1. The van der Waals surface area contributed by atoms with Crippen LogP contribution in [0.5, 0.6) is 0 Å². The van der Waals surface area contributed by atoms with Crippen LogP contribution in [0.1, 0.15) is 35.6 Å². The standard InChI is InChI=1S/C24H25NO2/c1-17-7-4-10-19(15-17)23(25-14-6-11-20(16-25)24(26)27)22-13-5-9-18-8-2-3-12-21(18)22/h2-5,7-10,12-13,15,20,23H,6,11,14,16H2,1H3,(H,26,27). The van der Waals surface area contributed by atoms with E-state index in [0.717, 1.165) is 19.4 Å². The predicted molar refractivity (Wildman–Crippen MR) is 109 cm³/mol. The molecule has 2 unspecified atom stereocenters. The monoisotopic (exact) mass is 359 g/mol. The molecule has 1 aliphatic heterocycles. The fourth-order valence-electron chi connectivity index (χ4n) is 4.36. The number of aliphatic carboxylic acids is 1. The molecule has 1 saturated heterocycles. The highest BCUT2D eigenvalue weighted by molar-refractivity contribution is 5.86. The molecule has 0 spiro atoms. The zero-order valence-electron chi connectivity index (χ0n) is 15.6. The number of aryl methyl sites for hydroxylation is 1. The number of carbonyl (C=O) groups is 1. The van der Waals surface area contributed by atoms with Gasteiger partial charge in [-0.3, -0.25) is 9.69 Å². The number of rotatable bonds is 4. The molecule has 0 radical (unpaired) electrons. The second-order valence-electron chi connectivity index (χ2n) is 7.56. The summed E-state index contributed by atoms with van der Waals surface area (Å²) in [7, 11) is 0. The second kappa shape index (κ2) is 7.53. The normalized spacial score (nSPS) is 19.1. The van der Waals surface area contributed by atoms with Gasteiger partial charge in [-0.05, 0) is 48.2 Å². The van der Waals surface area contributed by atoms with Crippen molar-refractivity contribution in [2.45, 2.75) is 25.8 Å². The first kappa shape index (κ1) is 17.7. The van der Waals surface area contributed by atoms with Crippen molar-refractivity contribution in [1.82, 2.24) is 4.90 Å². The fraction of sp³-hybridized carbons (Fsp3) is 0.292. The van der Waals surface area contributed by atoms with Gasteiger partial charge < -0.3 is 5.11 Å². The molecule has 0 bridgehead atoms. The lowest BCUT2D eigenvalue weighted by Crippen LogP contribution is -2.41. The van der Waals surface area contributed by atoms with Crippen molar-refractivity contribution in [1.29, 1.82) is 0 Å². The maximum absolute atomic E-state index is 11.6. The molecule has 0 aliphatic carbocycles. The van der Waals surface area contributed by atoms with E-state index in [9.17, 15) is 9.90 Å². The van der Waals surface area contributed by atoms with Gasteiger partial charge in [-0.25, -0.2) is 0 Å². The maximum Gasteiger partial charge on any atom is 0.307 e. The van der Waals surface area contributed by atoms with Crippen LogP contribution in [-0.2, 0) is 4.79 Å². The Morgan fingerprint density at radius 2 is 1.85 bits per heavy atom. The third-order valence-corrected chi connectivity index (χ3v) is 5.64. The van der Waals surface area contributed by atoms with Crippen LogP contribution in [0.3, 0.4) is 0 Å². The highest BCUT2D eigenvalue weighted by Gasteiger charge is 2.31. The minimum Gasteiger partial charge on any atom is -0.481 e. The van der Waals surface area contributed by atoms with E-state index >= 15 is 0 Å². The average Bonchev–Trinajstić information content (AvgIpc) is 2.69. The van der Waals surface area contributed by atoms with Crippen LogP contribution in [0.2, 0.25) is 0 Å². The Labute approximate surface area is 160 Å². The first-order valence-electron chi connectivity index (χ1n) is 9.64. The Bertz CT molecular complexity index is 960. The lowest BCUT2D eigenvalue weighted by atomic mass is 9.88. The Morgan fingerprint density at radius 1 is 1.07 bits per heavy atom. The zero-order valence-corrected chi connectivity index (χ0v) is 15.6. The number of hydrogen-bond acceptors (Lipinski definition) is 2. The number of nitrogens with zero attached hydrogens (tertiary/aromatic N) is 1. The lowest BCUT2D eigenvalue weighted by Gasteiger charge is -2.38. The third kappa shape index (κ3) is 3.60. The highest BCUT2D eigenvalue weighted by atomic mass is 16.4. The van der Waals surface area contributed by atoms with Gasteiger partial charge in [0.05, 0.1) is 12.0 Å². The van der Waals surface area contributed by atoms with Gasteiger partial charge in [-0.15, -0.1) is 0 Å². The molecule has 0 aromatic heterocycles. The van der Waals surface area contributed by atoms with Crippen molar-refractivity contribution in [2.75, 3.05) is 13.1 Å². The number of carboxylic acids is 1. The largest absolute Gasteiger partial charge is 0.481 e. The van der Waals surface area contributed by atoms with Crippen LogP contribution >= 0.6 is 0 Å². The van der Waals surface area contributed by atoms with E-state index in [-0.39, 0.29) is 12.0 Å². The topological polar surface area (TPSA) is 40.5 Å². The van der Waals surface area contributed by atoms with E-state index in [4.69, 9.17) is 0 Å². The summed E-state index contributed by atoms with van der Waals surface area (Å²) in [4.78, 5) is 14.0. The third-order valence-electron chi connectivity index (χ3n) is 5.64. The van der Waals surface area contributed by atoms with Crippen LogP contribution in [0.15, 0.2) is 66.7 Å². The first-order valence-corrected chi connectivity index (χ1v) is 9.64. The Morgan fingerprint density at radius 3 is 2.67 bits per heavy atom. The van der Waals surface area contributed by atoms with Crippen molar-refractivity contribution in [3.63, 3.8) is 0 Å². The van der Waals surface area contributed by atoms with Crippen LogP contribution in [0.4, 0.5) is 0 Å². The summed E-state index contributed by atoms with van der Waals surface area (Å²) in [6.07, 6.45) is 1.69. The maximum atomic E-state index is 11.6. The molecule has 0 saturated carbocycles. The molecule has 1 fully saturated rings. The second-order valence-corrected chi connectivity index (χ2v) is 7.56. The number of carboxylic acid groups (broad SMARTS) is 1. The van der Waals surface area contributed by atoms with Gasteiger partial charge >= 0.3 is 5.97 Å². The van der Waals surface area contributed by atoms with E-state index in [1.807, 2.05) is 0 Å². The van der Waals surface area contributed by atoms with Crippen LogP contribution < -0.4 is 0 Å². The van der Waals surface area contributed by atoms with Gasteiger partial charge in [-0.2, -0.15) is 0 Å². The Kier molecular flexibility index (Phi) is 4.95. The summed E-state index contributed by atoms with van der Waals surface area (Å²) in [6.45, 7) is 3.63. The van der Waals surface area contributed by atoms with E-state index in [1.54, 1.807) is 0 Å². The molecule has 0 amide bonds. The van der Waals surface area contributed by atoms with Gasteiger partial charge in [0.1, 0.15) is 0 Å². The molecule has 4 rings (SSSR count). The summed E-state index contributed by atoms with van der Waals surface area (Å²) in [5.41, 5.74) is 3.71. The average molecular weight is 359 g/mol. The molecule has 3 aromatic rings. The molecule has 27 heavy (non-hydrogen) atoms. The molecule has 1 heterocycles. The number of benzene rings is 3. The molecule has 3 aromatic carbocycles. The highest BCUT2D eigenvalue weighted by Crippen LogP contribution is 2.36. The lowest BCUT2D eigenvalue weighted by molar-refractivity contribution is -0.143. The van der Waals surface area contributed by atoms with E-state index in [0.29, 0.717) is 6.54 Å². The SMILES string of the molecule is Cc1cccc(C(c2cccc3ccccc23)N2CCCC(C(=O)O)C2)c1. The fourth-order valence-corrected chi connectivity index (χ4v) is 4.36. The van der Waals surface area contributed by atoms with E-state index < -0.39 is 5.97 Å². The molecule has 1 N–H and O–H groups in total. The summed E-state index contributed by atoms with van der Waals surface area (Å²) in [5.74, 6) is -0.971. The summed E-state index contributed by atoms with van der Waals surface area (Å²) >= 11 is 0. The molecule has 3 heteroatoms. The van der Waals surface area contributed by atoms with E-state index in [1.165, 1.54) is 27.5 Å². The molecule has 138 valence electrons. The molecule has 2 atom stereocenters. The summed E-state index contributed by atoms with van der Waals surface area (Å²) in [6, 6.07) is 23.6. The quantitative estimate of drug-likeness (QED) is 0.710. The van der Waals surface area contributed by atoms with Crippen LogP contribution in [-0.4, -0.2) is 29.1 Å². The van der Waals surface area contributed by atoms with Gasteiger partial charge in [0.15, 0.2) is 0 Å². The molecular weight excluding hydrogens is 334 g/mol. The Hall–Kier alpha value is -2.65. The number of hydrogen-bond donors (Lipinski definition) is 1. The summed E-state index contributed by atoms with van der Waals surface area (Å²) < 4.78 is 0. The van der Waals surface area contributed by atoms with Crippen molar-refractivity contribution in [3.8, 4) is 0 Å². The number of likely N-dealkylation sites (tertiary alicyclic amines) is 1. The van der Waals surface area contributed by atoms with Crippen LogP contribution in [0.25, 0.3) is 10.8 Å². The van der Waals surface area contributed by atoms with Gasteiger partial charge in [-0.1, -0.05) is 72.3 Å². The summed E-state index contributed by atoms with van der Waals surface area (Å²) in [5, 5.41) is 12.0. The minimum atomic E-state index is -0.680. The van der Waals surface area contributed by atoms with Crippen molar-refractivity contribution >= 4 is 16.7 Å². The van der Waals surface area contributed by atoms with Gasteiger partial charge in [0.2, 0.25) is 0 Å². The zero-order chi connectivity index (χ0) is 18.8. The van der Waals surface area contributed by atoms with Crippen LogP contribution in [0, 0.1) is 12.8 Å². The van der Waals surface area contributed by atoms with Crippen molar-refractivity contribution in [2.24, 2.45) is 5.92 Å². The van der Waals surface area contributed by atoms with Crippen molar-refractivity contribution < 1.29 is 9.90 Å². The predicted octanol–water partition coefficient (Wildman–Crippen LogP) is 5.03. The minimum absolute atomic E-state index is 0.0677. The van der Waals surface area contributed by atoms with E-state index in [2.05, 4.69) is 78.6 Å². The van der Waals surface area contributed by atoms with Crippen molar-refractivity contribution in [3.05, 3.63) is 83.4 Å². The van der Waals surface area contributed by atoms with Gasteiger partial charge in [0.25, 0.3) is 0 Å². The van der Waals surface area contributed by atoms with Gasteiger partial charge in [0, 0.05) is 6.54 Å². The molecular formula is C24H25NO2. The smallest absolute Gasteiger partial charge is 0.307 e. The molecule has 1 aliphatic rings. The molecule has 3 nitrogen and oxygen atoms in total.